The molecule has 2 nitrogen and oxygen atoms in total. The number of thioether (sulfide) groups is 1. The van der Waals surface area contributed by atoms with E-state index in [1.165, 1.54) is 9.77 Å². The van der Waals surface area contributed by atoms with Crippen LogP contribution in [-0.4, -0.2) is 13.2 Å². The van der Waals surface area contributed by atoms with Crippen LogP contribution in [0.1, 0.15) is 11.3 Å². The predicted molar refractivity (Wildman–Crippen MR) is 83.6 cm³/mol. The fourth-order valence-corrected chi connectivity index (χ4v) is 4.25. The van der Waals surface area contributed by atoms with Gasteiger partial charge in [0.1, 0.15) is 0 Å². The first kappa shape index (κ1) is 13.3. The van der Waals surface area contributed by atoms with Gasteiger partial charge in [0.05, 0.1) is 13.2 Å². The van der Waals surface area contributed by atoms with Gasteiger partial charge in [-0.3, -0.25) is 0 Å². The Bertz CT molecular complexity index is 568. The lowest BCUT2D eigenvalue weighted by Crippen LogP contribution is -1.97. The van der Waals surface area contributed by atoms with Gasteiger partial charge in [0.15, 0.2) is 11.5 Å². The summed E-state index contributed by atoms with van der Waals surface area (Å²) in [7, 11) is 0. The SMILES string of the molecule is Brc1csc(CSc2ccc3c(c2)OCCCO3)c1. The molecule has 2 aromatic rings. The third-order valence-electron chi connectivity index (χ3n) is 2.72. The Kier molecular flexibility index (Phi) is 4.35. The lowest BCUT2D eigenvalue weighted by atomic mass is 10.3. The molecule has 1 aromatic heterocycles. The number of hydrogen-bond donors (Lipinski definition) is 0. The second kappa shape index (κ2) is 6.20. The zero-order chi connectivity index (χ0) is 13.1. The molecule has 100 valence electrons. The molecule has 0 atom stereocenters. The molecule has 0 fully saturated rings. The highest BCUT2D eigenvalue weighted by Crippen LogP contribution is 2.35. The van der Waals surface area contributed by atoms with Gasteiger partial charge in [-0.05, 0) is 40.2 Å². The van der Waals surface area contributed by atoms with Gasteiger partial charge in [0.25, 0.3) is 0 Å². The maximum Gasteiger partial charge on any atom is 0.162 e. The number of rotatable bonds is 3. The third kappa shape index (κ3) is 3.46. The molecule has 1 aliphatic rings. The van der Waals surface area contributed by atoms with Gasteiger partial charge >= 0.3 is 0 Å². The average Bonchev–Trinajstić information content (AvgIpc) is 2.70. The Morgan fingerprint density at radius 1 is 1.16 bits per heavy atom. The van der Waals surface area contributed by atoms with E-state index < -0.39 is 0 Å². The van der Waals surface area contributed by atoms with E-state index in [1.54, 1.807) is 11.3 Å². The lowest BCUT2D eigenvalue weighted by molar-refractivity contribution is 0.297. The molecule has 0 N–H and O–H groups in total. The Hall–Kier alpha value is -0.650. The summed E-state index contributed by atoms with van der Waals surface area (Å²) in [6, 6.07) is 8.35. The highest BCUT2D eigenvalue weighted by atomic mass is 79.9. The lowest BCUT2D eigenvalue weighted by Gasteiger charge is -2.08. The van der Waals surface area contributed by atoms with E-state index in [0.29, 0.717) is 0 Å². The molecular weight excluding hydrogens is 344 g/mol. The van der Waals surface area contributed by atoms with Crippen LogP contribution >= 0.6 is 39.0 Å². The zero-order valence-corrected chi connectivity index (χ0v) is 13.4. The number of thiophene rings is 1. The molecule has 0 aliphatic carbocycles. The summed E-state index contributed by atoms with van der Waals surface area (Å²) in [4.78, 5) is 2.58. The van der Waals surface area contributed by atoms with E-state index in [9.17, 15) is 0 Å². The minimum absolute atomic E-state index is 0.735. The molecule has 0 radical (unpaired) electrons. The molecule has 3 rings (SSSR count). The first-order valence-electron chi connectivity index (χ1n) is 6.06. The summed E-state index contributed by atoms with van der Waals surface area (Å²) >= 11 is 7.08. The average molecular weight is 357 g/mol. The fourth-order valence-electron chi connectivity index (χ4n) is 1.82. The van der Waals surface area contributed by atoms with Crippen molar-refractivity contribution in [1.82, 2.24) is 0 Å². The van der Waals surface area contributed by atoms with Gasteiger partial charge in [-0.2, -0.15) is 0 Å². The van der Waals surface area contributed by atoms with E-state index >= 15 is 0 Å². The molecule has 0 spiro atoms. The number of hydrogen-bond acceptors (Lipinski definition) is 4. The van der Waals surface area contributed by atoms with E-state index in [2.05, 4.69) is 39.5 Å². The summed E-state index contributed by atoms with van der Waals surface area (Å²) in [6.07, 6.45) is 0.945. The summed E-state index contributed by atoms with van der Waals surface area (Å²) < 4.78 is 12.5. The third-order valence-corrected chi connectivity index (χ3v) is 5.64. The van der Waals surface area contributed by atoms with Gasteiger partial charge in [-0.15, -0.1) is 23.1 Å². The normalized spacial score (nSPS) is 14.2. The highest BCUT2D eigenvalue weighted by Gasteiger charge is 2.11. The molecule has 0 saturated heterocycles. The van der Waals surface area contributed by atoms with Gasteiger partial charge in [0.2, 0.25) is 0 Å². The maximum atomic E-state index is 5.70. The van der Waals surface area contributed by atoms with Crippen LogP contribution in [0.25, 0.3) is 0 Å². The zero-order valence-electron chi connectivity index (χ0n) is 10.2. The second-order valence-corrected chi connectivity index (χ2v) is 7.14. The molecule has 2 heterocycles. The van der Waals surface area contributed by atoms with E-state index in [1.807, 2.05) is 17.8 Å². The quantitative estimate of drug-likeness (QED) is 0.723. The molecule has 19 heavy (non-hydrogen) atoms. The van der Waals surface area contributed by atoms with E-state index in [4.69, 9.17) is 9.47 Å². The fraction of sp³-hybridized carbons (Fsp3) is 0.286. The van der Waals surface area contributed by atoms with Crippen molar-refractivity contribution in [1.29, 1.82) is 0 Å². The summed E-state index contributed by atoms with van der Waals surface area (Å²) in [5, 5.41) is 2.11. The van der Waals surface area contributed by atoms with Crippen molar-refractivity contribution in [2.45, 2.75) is 17.1 Å². The molecule has 0 bridgehead atoms. The smallest absolute Gasteiger partial charge is 0.162 e. The van der Waals surface area contributed by atoms with Gasteiger partial charge < -0.3 is 9.47 Å². The van der Waals surface area contributed by atoms with E-state index in [0.717, 1.165) is 41.4 Å². The van der Waals surface area contributed by atoms with Crippen LogP contribution in [0.5, 0.6) is 11.5 Å². The Labute approximate surface area is 129 Å². The van der Waals surface area contributed by atoms with Crippen molar-refractivity contribution < 1.29 is 9.47 Å². The predicted octanol–water partition coefficient (Wildman–Crippen LogP) is 4.96. The van der Waals surface area contributed by atoms with Crippen LogP contribution in [-0.2, 0) is 5.75 Å². The van der Waals surface area contributed by atoms with Crippen molar-refractivity contribution in [3.8, 4) is 11.5 Å². The van der Waals surface area contributed by atoms with Gasteiger partial charge in [-0.25, -0.2) is 0 Å². The molecule has 0 saturated carbocycles. The number of ether oxygens (including phenoxy) is 2. The highest BCUT2D eigenvalue weighted by molar-refractivity contribution is 9.10. The van der Waals surface area contributed by atoms with Crippen LogP contribution < -0.4 is 9.47 Å². The standard InChI is InChI=1S/C14H13BrO2S2/c15-10-6-12(18-8-10)9-19-11-2-3-13-14(7-11)17-5-1-4-16-13/h2-3,6-8H,1,4-5,9H2. The molecule has 0 unspecified atom stereocenters. The van der Waals surface area contributed by atoms with Crippen LogP contribution in [0.3, 0.4) is 0 Å². The first-order chi connectivity index (χ1) is 9.31. The van der Waals surface area contributed by atoms with Crippen molar-refractivity contribution >= 4 is 39.0 Å². The Morgan fingerprint density at radius 3 is 2.79 bits per heavy atom. The van der Waals surface area contributed by atoms with Crippen molar-refractivity contribution in [3.63, 3.8) is 0 Å². The van der Waals surface area contributed by atoms with Crippen LogP contribution in [0.15, 0.2) is 39.0 Å². The summed E-state index contributed by atoms with van der Waals surface area (Å²) in [5.41, 5.74) is 0. The van der Waals surface area contributed by atoms with Crippen molar-refractivity contribution in [3.05, 3.63) is 39.0 Å². The molecule has 1 aliphatic heterocycles. The molecular formula is C14H13BrO2S2. The monoisotopic (exact) mass is 356 g/mol. The molecule has 5 heteroatoms. The second-order valence-electron chi connectivity index (χ2n) is 4.18. The molecule has 1 aromatic carbocycles. The minimum Gasteiger partial charge on any atom is -0.490 e. The summed E-state index contributed by atoms with van der Waals surface area (Å²) in [5.74, 6) is 2.71. The van der Waals surface area contributed by atoms with Crippen molar-refractivity contribution in [2.24, 2.45) is 0 Å². The van der Waals surface area contributed by atoms with Crippen LogP contribution in [0.2, 0.25) is 0 Å². The van der Waals surface area contributed by atoms with Crippen molar-refractivity contribution in [2.75, 3.05) is 13.2 Å². The maximum absolute atomic E-state index is 5.70. The largest absolute Gasteiger partial charge is 0.490 e. The topological polar surface area (TPSA) is 18.5 Å². The van der Waals surface area contributed by atoms with Crippen LogP contribution in [0, 0.1) is 0 Å². The Morgan fingerprint density at radius 2 is 2.00 bits per heavy atom. The van der Waals surface area contributed by atoms with Gasteiger partial charge in [-0.1, -0.05) is 0 Å². The Balaban J connectivity index is 1.69. The number of halogens is 1. The molecule has 0 amide bonds. The van der Waals surface area contributed by atoms with Crippen LogP contribution in [0.4, 0.5) is 0 Å². The number of fused-ring (bicyclic) bond motifs is 1. The first-order valence-corrected chi connectivity index (χ1v) is 8.72. The summed E-state index contributed by atoms with van der Waals surface area (Å²) in [6.45, 7) is 1.47. The number of benzene rings is 1. The minimum atomic E-state index is 0.735. The van der Waals surface area contributed by atoms with Gasteiger partial charge in [0, 0.05) is 31.8 Å². The van der Waals surface area contributed by atoms with E-state index in [-0.39, 0.29) is 0 Å².